The quantitative estimate of drug-likeness (QED) is 0.615. The van der Waals surface area contributed by atoms with Gasteiger partial charge in [0.2, 0.25) is 0 Å². The monoisotopic (exact) mass is 203 g/mol. The minimum Gasteiger partial charge on any atom is -0.234 e. The van der Waals surface area contributed by atoms with Crippen LogP contribution in [0.3, 0.4) is 0 Å². The van der Waals surface area contributed by atoms with Gasteiger partial charge in [0, 0.05) is 0 Å². The summed E-state index contributed by atoms with van der Waals surface area (Å²) in [6, 6.07) is 1.64. The number of hydrogen-bond donors (Lipinski definition) is 1. The Hall–Kier alpha value is -0.920. The molecule has 0 aromatic carbocycles. The average molecular weight is 203 g/mol. The van der Waals surface area contributed by atoms with Crippen LogP contribution in [0, 0.1) is 0 Å². The molecule has 12 heavy (non-hydrogen) atoms. The molecular formula is C5H5N3O2S2. The van der Waals surface area contributed by atoms with Crippen molar-refractivity contribution in [1.82, 2.24) is 4.41 Å². The van der Waals surface area contributed by atoms with E-state index in [0.29, 0.717) is 10.1 Å². The first-order valence-electron chi connectivity index (χ1n) is 3.03. The smallest absolute Gasteiger partial charge is 0.234 e. The highest BCUT2D eigenvalue weighted by Crippen LogP contribution is 2.33. The summed E-state index contributed by atoms with van der Waals surface area (Å²) in [6.45, 7) is 0. The third-order valence-electron chi connectivity index (χ3n) is 1.43. The topological polar surface area (TPSA) is 75.8 Å². The number of rotatable bonds is 0. The highest BCUT2D eigenvalue weighted by atomic mass is 32.2. The van der Waals surface area contributed by atoms with E-state index in [-0.39, 0.29) is 4.21 Å². The molecule has 2 N–H and O–H groups in total. The van der Waals surface area contributed by atoms with Crippen LogP contribution in [0.1, 0.15) is 0 Å². The lowest BCUT2D eigenvalue weighted by atomic mass is 10.5. The molecule has 1 aliphatic rings. The van der Waals surface area contributed by atoms with Crippen LogP contribution < -0.4 is 5.84 Å². The average Bonchev–Trinajstić information content (AvgIpc) is 2.46. The molecular weight excluding hydrogens is 198 g/mol. The Bertz CT molecular complexity index is 433. The fourth-order valence-electron chi connectivity index (χ4n) is 0.854. The van der Waals surface area contributed by atoms with Gasteiger partial charge in [0.25, 0.3) is 10.0 Å². The predicted molar refractivity (Wildman–Crippen MR) is 45.7 cm³/mol. The molecule has 0 saturated heterocycles. The van der Waals surface area contributed by atoms with Gasteiger partial charge in [-0.2, -0.15) is 12.8 Å². The van der Waals surface area contributed by atoms with E-state index in [1.165, 1.54) is 0 Å². The number of sulfonamides is 1. The van der Waals surface area contributed by atoms with Crippen molar-refractivity contribution in [2.45, 2.75) is 4.21 Å². The lowest BCUT2D eigenvalue weighted by Gasteiger charge is -2.15. The van der Waals surface area contributed by atoms with E-state index in [0.717, 1.165) is 17.7 Å². The maximum absolute atomic E-state index is 11.4. The number of nitrogens with two attached hydrogens (primary N) is 1. The number of thiophene rings is 1. The molecule has 0 fully saturated rings. The van der Waals surface area contributed by atoms with E-state index in [4.69, 9.17) is 5.84 Å². The van der Waals surface area contributed by atoms with Crippen LogP contribution >= 0.6 is 11.3 Å². The van der Waals surface area contributed by atoms with Crippen molar-refractivity contribution in [3.05, 3.63) is 11.4 Å². The summed E-state index contributed by atoms with van der Waals surface area (Å²) in [5, 5.41) is 1.67. The van der Waals surface area contributed by atoms with E-state index in [1.807, 2.05) is 0 Å². The van der Waals surface area contributed by atoms with Crippen LogP contribution in [0.25, 0.3) is 0 Å². The highest BCUT2D eigenvalue weighted by molar-refractivity contribution is 7.91. The number of hydrogen-bond acceptors (Lipinski definition) is 5. The predicted octanol–water partition coefficient (Wildman–Crippen LogP) is 0.286. The Morgan fingerprint density at radius 1 is 1.58 bits per heavy atom. The van der Waals surface area contributed by atoms with Gasteiger partial charge in [-0.1, -0.05) is 0 Å². The van der Waals surface area contributed by atoms with E-state index in [9.17, 15) is 8.42 Å². The molecule has 7 heteroatoms. The summed E-state index contributed by atoms with van der Waals surface area (Å²) in [6.07, 6.45) is 1.09. The molecule has 0 aliphatic carbocycles. The van der Waals surface area contributed by atoms with Gasteiger partial charge in [-0.25, -0.2) is 10.8 Å². The summed E-state index contributed by atoms with van der Waals surface area (Å²) in [5.41, 5.74) is 0.460. The maximum Gasteiger partial charge on any atom is 0.290 e. The minimum absolute atomic E-state index is 0.201. The molecule has 0 saturated carbocycles. The summed E-state index contributed by atoms with van der Waals surface area (Å²) < 4.78 is 23.6. The fourth-order valence-corrected chi connectivity index (χ4v) is 3.08. The van der Waals surface area contributed by atoms with Crippen molar-refractivity contribution < 1.29 is 8.42 Å². The van der Waals surface area contributed by atoms with Crippen LogP contribution in [-0.4, -0.2) is 19.2 Å². The summed E-state index contributed by atoms with van der Waals surface area (Å²) in [4.78, 5) is 3.84. The van der Waals surface area contributed by atoms with Gasteiger partial charge in [-0.3, -0.25) is 0 Å². The second kappa shape index (κ2) is 2.28. The molecule has 2 rings (SSSR count). The first-order valence-corrected chi connectivity index (χ1v) is 5.35. The van der Waals surface area contributed by atoms with Gasteiger partial charge in [0.15, 0.2) is 4.21 Å². The van der Waals surface area contributed by atoms with Crippen molar-refractivity contribution in [3.63, 3.8) is 0 Å². The molecule has 5 nitrogen and oxygen atoms in total. The number of fused-ring (bicyclic) bond motifs is 1. The first kappa shape index (κ1) is 7.71. The zero-order valence-corrected chi connectivity index (χ0v) is 7.47. The summed E-state index contributed by atoms with van der Waals surface area (Å²) in [7, 11) is -3.50. The van der Waals surface area contributed by atoms with Crippen molar-refractivity contribution in [2.24, 2.45) is 10.8 Å². The van der Waals surface area contributed by atoms with Gasteiger partial charge in [0.05, 0.1) is 5.69 Å². The SMILES string of the molecule is NN1C=Nc2ccsc2S1(=O)=O. The van der Waals surface area contributed by atoms with E-state index in [1.54, 1.807) is 11.4 Å². The van der Waals surface area contributed by atoms with Gasteiger partial charge in [0.1, 0.15) is 6.34 Å². The molecule has 1 aromatic rings. The molecule has 0 bridgehead atoms. The van der Waals surface area contributed by atoms with Crippen LogP contribution in [0.2, 0.25) is 0 Å². The third-order valence-corrected chi connectivity index (χ3v) is 4.38. The molecule has 2 heterocycles. The molecule has 1 aromatic heterocycles. The Kier molecular flexibility index (Phi) is 1.47. The Morgan fingerprint density at radius 2 is 2.33 bits per heavy atom. The molecule has 0 unspecified atom stereocenters. The Balaban J connectivity index is 2.75. The Labute approximate surface area is 73.2 Å². The zero-order chi connectivity index (χ0) is 8.77. The van der Waals surface area contributed by atoms with E-state index >= 15 is 0 Å². The molecule has 1 aliphatic heterocycles. The first-order chi connectivity index (χ1) is 5.62. The zero-order valence-electron chi connectivity index (χ0n) is 5.84. The van der Waals surface area contributed by atoms with Crippen molar-refractivity contribution >= 4 is 33.4 Å². The molecule has 64 valence electrons. The van der Waals surface area contributed by atoms with Crippen LogP contribution in [0.15, 0.2) is 20.6 Å². The second-order valence-electron chi connectivity index (χ2n) is 2.17. The maximum atomic E-state index is 11.4. The number of aliphatic imine (C=N–C) groups is 1. The largest absolute Gasteiger partial charge is 0.290 e. The minimum atomic E-state index is -3.50. The summed E-state index contributed by atoms with van der Waals surface area (Å²) >= 11 is 1.11. The van der Waals surface area contributed by atoms with Gasteiger partial charge in [-0.15, -0.1) is 11.3 Å². The molecule has 0 atom stereocenters. The second-order valence-corrected chi connectivity index (χ2v) is 5.13. The lowest BCUT2D eigenvalue weighted by Crippen LogP contribution is -2.37. The molecule has 0 spiro atoms. The highest BCUT2D eigenvalue weighted by Gasteiger charge is 2.27. The van der Waals surface area contributed by atoms with Gasteiger partial charge < -0.3 is 0 Å². The van der Waals surface area contributed by atoms with Gasteiger partial charge in [-0.05, 0) is 11.4 Å². The van der Waals surface area contributed by atoms with Crippen LogP contribution in [-0.2, 0) is 10.0 Å². The fraction of sp³-hybridized carbons (Fsp3) is 0. The standard InChI is InChI=1S/C5H5N3O2S2/c6-8-3-7-4-1-2-11-5(4)12(8,9)10/h1-3H,6H2. The van der Waals surface area contributed by atoms with Crippen molar-refractivity contribution in [3.8, 4) is 0 Å². The van der Waals surface area contributed by atoms with E-state index < -0.39 is 10.0 Å². The van der Waals surface area contributed by atoms with Crippen LogP contribution in [0.4, 0.5) is 5.69 Å². The van der Waals surface area contributed by atoms with Crippen molar-refractivity contribution in [2.75, 3.05) is 0 Å². The Morgan fingerprint density at radius 3 is 3.08 bits per heavy atom. The molecule has 0 radical (unpaired) electrons. The normalized spacial score (nSPS) is 19.2. The molecule has 0 amide bonds. The number of nitrogens with zero attached hydrogens (tertiary/aromatic N) is 2. The van der Waals surface area contributed by atoms with Crippen LogP contribution in [0.5, 0.6) is 0 Å². The van der Waals surface area contributed by atoms with Gasteiger partial charge >= 0.3 is 0 Å². The van der Waals surface area contributed by atoms with E-state index in [2.05, 4.69) is 4.99 Å². The third kappa shape index (κ3) is 0.872. The lowest BCUT2D eigenvalue weighted by molar-refractivity contribution is 0.537. The van der Waals surface area contributed by atoms with Crippen molar-refractivity contribution in [1.29, 1.82) is 0 Å². The number of hydrazine groups is 1. The summed E-state index contributed by atoms with van der Waals surface area (Å²) in [5.74, 6) is 5.19.